The number of nitrogens with zero attached hydrogens (tertiary/aromatic N) is 7. The zero-order valence-electron chi connectivity index (χ0n) is 22.6. The number of aromatic hydroxyl groups is 1. The molecular formula is C28H29F2N7O3. The monoisotopic (exact) mass is 549 g/mol. The van der Waals surface area contributed by atoms with Gasteiger partial charge in [-0.3, -0.25) is 4.79 Å². The van der Waals surface area contributed by atoms with E-state index in [1.165, 1.54) is 23.0 Å². The second-order valence-electron chi connectivity index (χ2n) is 10.3. The molecule has 0 bridgehead atoms. The molecule has 0 unspecified atom stereocenters. The molecule has 1 aromatic carbocycles. The van der Waals surface area contributed by atoms with Crippen molar-refractivity contribution in [1.82, 2.24) is 29.4 Å². The highest BCUT2D eigenvalue weighted by molar-refractivity contribution is 5.91. The van der Waals surface area contributed by atoms with Crippen LogP contribution in [0.2, 0.25) is 0 Å². The number of phenolic OH excluding ortho intramolecular Hbond substituents is 1. The Bertz CT molecular complexity index is 1620. The minimum absolute atomic E-state index is 0.0190. The van der Waals surface area contributed by atoms with Crippen LogP contribution in [-0.2, 0) is 4.79 Å². The lowest BCUT2D eigenvalue weighted by Gasteiger charge is -2.34. The molecule has 40 heavy (non-hydrogen) atoms. The van der Waals surface area contributed by atoms with Crippen LogP contribution in [0.15, 0.2) is 35.4 Å². The van der Waals surface area contributed by atoms with Crippen LogP contribution in [0.4, 0.5) is 14.6 Å². The van der Waals surface area contributed by atoms with Gasteiger partial charge in [-0.1, -0.05) is 33.8 Å². The number of rotatable bonds is 6. The summed E-state index contributed by atoms with van der Waals surface area (Å²) < 4.78 is 31.9. The molecule has 4 aromatic rings. The lowest BCUT2D eigenvalue weighted by Crippen LogP contribution is -2.46. The van der Waals surface area contributed by atoms with E-state index in [1.54, 1.807) is 9.80 Å². The van der Waals surface area contributed by atoms with E-state index < -0.39 is 34.3 Å². The number of phenols is 1. The van der Waals surface area contributed by atoms with Crippen molar-refractivity contribution in [3.8, 4) is 22.7 Å². The third-order valence-electron chi connectivity index (χ3n) is 6.99. The number of hydrogen-bond donors (Lipinski definition) is 1. The first-order valence-corrected chi connectivity index (χ1v) is 13.0. The van der Waals surface area contributed by atoms with Crippen molar-refractivity contribution in [2.75, 3.05) is 31.1 Å². The van der Waals surface area contributed by atoms with Crippen LogP contribution in [0, 0.1) is 11.6 Å². The molecule has 0 spiro atoms. The fourth-order valence-electron chi connectivity index (χ4n) is 4.99. The number of carbonyl (C=O) groups excluding carboxylic acids is 1. The minimum atomic E-state index is -0.898. The third-order valence-corrected chi connectivity index (χ3v) is 6.99. The Hall–Kier alpha value is -4.48. The fraction of sp³-hybridized carbons (Fsp3) is 0.357. The maximum absolute atomic E-state index is 15.7. The van der Waals surface area contributed by atoms with Crippen LogP contribution in [0.25, 0.3) is 28.0 Å². The molecule has 1 N–H and O–H groups in total. The molecule has 3 aromatic heterocycles. The number of pyridine rings is 1. The summed E-state index contributed by atoms with van der Waals surface area (Å²) in [6.07, 6.45) is 2.19. The molecule has 1 aliphatic heterocycles. The number of halogens is 2. The predicted octanol–water partition coefficient (Wildman–Crippen LogP) is 3.75. The molecule has 4 heterocycles. The molecule has 5 rings (SSSR count). The molecular weight excluding hydrogens is 520 g/mol. The number of hydrogen-bond acceptors (Lipinski definition) is 8. The Labute approximate surface area is 229 Å². The van der Waals surface area contributed by atoms with Gasteiger partial charge < -0.3 is 14.9 Å². The van der Waals surface area contributed by atoms with Crippen molar-refractivity contribution in [1.29, 1.82) is 0 Å². The van der Waals surface area contributed by atoms with E-state index in [4.69, 9.17) is 0 Å². The Morgan fingerprint density at radius 2 is 1.60 bits per heavy atom. The van der Waals surface area contributed by atoms with Gasteiger partial charge in [0.2, 0.25) is 6.41 Å². The molecule has 10 nitrogen and oxygen atoms in total. The summed E-state index contributed by atoms with van der Waals surface area (Å²) in [7, 11) is 0. The normalized spacial score (nSPS) is 14.0. The summed E-state index contributed by atoms with van der Waals surface area (Å²) >= 11 is 0. The van der Waals surface area contributed by atoms with Crippen molar-refractivity contribution < 1.29 is 18.7 Å². The maximum atomic E-state index is 15.7. The number of carbonyl (C=O) groups is 1. The van der Waals surface area contributed by atoms with Crippen LogP contribution < -0.4 is 10.6 Å². The van der Waals surface area contributed by atoms with Gasteiger partial charge in [0.1, 0.15) is 29.4 Å². The van der Waals surface area contributed by atoms with E-state index in [0.717, 1.165) is 18.5 Å². The topological polar surface area (TPSA) is 117 Å². The summed E-state index contributed by atoms with van der Waals surface area (Å²) in [5.74, 6) is -2.30. The van der Waals surface area contributed by atoms with Crippen molar-refractivity contribution in [2.45, 2.75) is 39.5 Å². The van der Waals surface area contributed by atoms with E-state index in [0.29, 0.717) is 43.3 Å². The molecule has 1 saturated heterocycles. The zero-order valence-corrected chi connectivity index (χ0v) is 22.6. The average Bonchev–Trinajstić information content (AvgIpc) is 2.92. The number of piperazine rings is 1. The Balaban J connectivity index is 1.89. The Morgan fingerprint density at radius 1 is 0.950 bits per heavy atom. The highest BCUT2D eigenvalue weighted by Crippen LogP contribution is 2.36. The maximum Gasteiger partial charge on any atom is 0.355 e. The van der Waals surface area contributed by atoms with Gasteiger partial charge in [-0.15, -0.1) is 0 Å². The fourth-order valence-corrected chi connectivity index (χ4v) is 4.99. The SMILES string of the molecule is CC(C)c1ncnc(C(C)C)c1-n1c(=O)nc(N2CCN(C=O)CC2)c2cc(F)c(-c3c(O)cccc3F)nc21. The number of aromatic nitrogens is 5. The van der Waals surface area contributed by atoms with Crippen molar-refractivity contribution in [2.24, 2.45) is 0 Å². The summed E-state index contributed by atoms with van der Waals surface area (Å²) in [5, 5.41) is 10.6. The van der Waals surface area contributed by atoms with Gasteiger partial charge in [0, 0.05) is 26.2 Å². The quantitative estimate of drug-likeness (QED) is 0.362. The molecule has 0 radical (unpaired) electrons. The van der Waals surface area contributed by atoms with Crippen LogP contribution in [0.1, 0.15) is 50.9 Å². The summed E-state index contributed by atoms with van der Waals surface area (Å²) in [6.45, 7) is 9.22. The number of amides is 1. The smallest absolute Gasteiger partial charge is 0.355 e. The van der Waals surface area contributed by atoms with E-state index in [-0.39, 0.29) is 28.7 Å². The zero-order chi connectivity index (χ0) is 28.7. The second kappa shape index (κ2) is 10.6. The first-order chi connectivity index (χ1) is 19.1. The first-order valence-electron chi connectivity index (χ1n) is 13.0. The van der Waals surface area contributed by atoms with Crippen molar-refractivity contribution in [3.63, 3.8) is 0 Å². The summed E-state index contributed by atoms with van der Waals surface area (Å²) in [6, 6.07) is 4.79. The molecule has 1 aliphatic rings. The number of anilines is 1. The van der Waals surface area contributed by atoms with Gasteiger partial charge in [-0.2, -0.15) is 4.98 Å². The highest BCUT2D eigenvalue weighted by Gasteiger charge is 2.28. The molecule has 12 heteroatoms. The standard InChI is InChI=1S/C28H29F2N7O3/c1-15(2)22-25(23(16(3)4)32-13-31-22)37-27-17(26(34-28(37)40)36-10-8-35(14-38)9-11-36)12-19(30)24(33-27)21-18(29)6-5-7-20(21)39/h5-7,12-16,39H,8-11H2,1-4H3. The van der Waals surface area contributed by atoms with Crippen molar-refractivity contribution >= 4 is 23.3 Å². The molecule has 0 aliphatic carbocycles. The van der Waals surface area contributed by atoms with Gasteiger partial charge in [0.25, 0.3) is 0 Å². The van der Waals surface area contributed by atoms with Gasteiger partial charge in [0.15, 0.2) is 11.5 Å². The van der Waals surface area contributed by atoms with E-state index in [2.05, 4.69) is 19.9 Å². The average molecular weight is 550 g/mol. The van der Waals surface area contributed by atoms with E-state index >= 15 is 4.39 Å². The summed E-state index contributed by atoms with van der Waals surface area (Å²) in [5.41, 5.74) is -0.0257. The van der Waals surface area contributed by atoms with Crippen LogP contribution >= 0.6 is 0 Å². The van der Waals surface area contributed by atoms with Gasteiger partial charge in [-0.05, 0) is 30.0 Å². The molecule has 0 atom stereocenters. The molecule has 1 fully saturated rings. The van der Waals surface area contributed by atoms with Gasteiger partial charge in [0.05, 0.1) is 28.0 Å². The third kappa shape index (κ3) is 4.63. The van der Waals surface area contributed by atoms with Crippen LogP contribution in [0.5, 0.6) is 5.75 Å². The molecule has 1 amide bonds. The van der Waals surface area contributed by atoms with Crippen LogP contribution in [-0.4, -0.2) is 67.1 Å². The molecule has 0 saturated carbocycles. The van der Waals surface area contributed by atoms with E-state index in [1.807, 2.05) is 27.7 Å². The van der Waals surface area contributed by atoms with Crippen LogP contribution in [0.3, 0.4) is 0 Å². The van der Waals surface area contributed by atoms with Gasteiger partial charge in [-0.25, -0.2) is 33.1 Å². The summed E-state index contributed by atoms with van der Waals surface area (Å²) in [4.78, 5) is 46.3. The van der Waals surface area contributed by atoms with E-state index in [9.17, 15) is 19.1 Å². The number of fused-ring (bicyclic) bond motifs is 1. The largest absolute Gasteiger partial charge is 0.507 e. The Kier molecular flexibility index (Phi) is 7.17. The lowest BCUT2D eigenvalue weighted by atomic mass is 10.0. The minimum Gasteiger partial charge on any atom is -0.507 e. The van der Waals surface area contributed by atoms with Crippen molar-refractivity contribution in [3.05, 3.63) is 64.1 Å². The number of benzene rings is 1. The molecule has 208 valence electrons. The van der Waals surface area contributed by atoms with Gasteiger partial charge >= 0.3 is 5.69 Å². The second-order valence-corrected chi connectivity index (χ2v) is 10.3. The predicted molar refractivity (Wildman–Crippen MR) is 146 cm³/mol. The highest BCUT2D eigenvalue weighted by atomic mass is 19.1. The first kappa shape index (κ1) is 27.1. The Morgan fingerprint density at radius 3 is 2.17 bits per heavy atom. The lowest BCUT2D eigenvalue weighted by molar-refractivity contribution is -0.118.